The summed E-state index contributed by atoms with van der Waals surface area (Å²) >= 11 is 0. The monoisotopic (exact) mass is 434 g/mol. The van der Waals surface area contributed by atoms with E-state index in [1.54, 1.807) is 12.1 Å². The van der Waals surface area contributed by atoms with E-state index in [-0.39, 0.29) is 17.7 Å². The maximum absolute atomic E-state index is 12.1. The van der Waals surface area contributed by atoms with Crippen LogP contribution < -0.4 is 10.2 Å². The van der Waals surface area contributed by atoms with Crippen LogP contribution in [0.5, 0.6) is 5.75 Å². The molecule has 3 aromatic rings. The number of benzene rings is 2. The van der Waals surface area contributed by atoms with E-state index >= 15 is 0 Å². The number of carbonyl (C=O) groups is 1. The lowest BCUT2D eigenvalue weighted by atomic mass is 10.0. The molecular formula is C25H30N4O3. The van der Waals surface area contributed by atoms with Crippen molar-refractivity contribution in [3.05, 3.63) is 59.4 Å². The number of piperidine rings is 1. The number of carbonyl (C=O) groups excluding carboxylic acids is 1. The van der Waals surface area contributed by atoms with Crippen molar-refractivity contribution in [2.24, 2.45) is 0 Å². The molecule has 3 N–H and O–H groups in total. The van der Waals surface area contributed by atoms with Gasteiger partial charge in [0.25, 0.3) is 5.91 Å². The van der Waals surface area contributed by atoms with Crippen LogP contribution in [0.3, 0.4) is 0 Å². The van der Waals surface area contributed by atoms with E-state index in [9.17, 15) is 15.0 Å². The molecule has 7 nitrogen and oxygen atoms in total. The Hall–Kier alpha value is -3.19. The topological polar surface area (TPSA) is 98.6 Å². The van der Waals surface area contributed by atoms with Gasteiger partial charge in [-0.15, -0.1) is 0 Å². The van der Waals surface area contributed by atoms with Gasteiger partial charge < -0.3 is 20.4 Å². The lowest BCUT2D eigenvalue weighted by molar-refractivity contribution is -0.137. The number of aliphatic hydroxyl groups is 1. The van der Waals surface area contributed by atoms with Gasteiger partial charge in [0.05, 0.1) is 5.52 Å². The summed E-state index contributed by atoms with van der Waals surface area (Å²) in [5.74, 6) is 1.44. The van der Waals surface area contributed by atoms with Crippen molar-refractivity contribution in [3.63, 3.8) is 0 Å². The fourth-order valence-electron chi connectivity index (χ4n) is 4.02. The predicted octanol–water partition coefficient (Wildman–Crippen LogP) is 3.09. The van der Waals surface area contributed by atoms with Crippen LogP contribution in [0.25, 0.3) is 10.9 Å². The molecule has 32 heavy (non-hydrogen) atoms. The molecule has 0 radical (unpaired) electrons. The van der Waals surface area contributed by atoms with Crippen molar-refractivity contribution in [2.75, 3.05) is 18.0 Å². The lowest BCUT2D eigenvalue weighted by Crippen LogP contribution is -2.50. The van der Waals surface area contributed by atoms with Gasteiger partial charge >= 0.3 is 0 Å². The first-order chi connectivity index (χ1) is 15.2. The Morgan fingerprint density at radius 2 is 1.88 bits per heavy atom. The summed E-state index contributed by atoms with van der Waals surface area (Å²) in [5, 5.41) is 24.0. The van der Waals surface area contributed by atoms with Gasteiger partial charge in [-0.25, -0.2) is 9.97 Å². The fourth-order valence-corrected chi connectivity index (χ4v) is 4.02. The van der Waals surface area contributed by atoms with Crippen LogP contribution in [-0.4, -0.2) is 50.8 Å². The lowest BCUT2D eigenvalue weighted by Gasteiger charge is -2.34. The number of aryl methyl sites for hydroxylation is 1. The van der Waals surface area contributed by atoms with Crippen molar-refractivity contribution < 1.29 is 15.0 Å². The van der Waals surface area contributed by atoms with Gasteiger partial charge in [0.2, 0.25) is 0 Å². The van der Waals surface area contributed by atoms with E-state index < -0.39 is 5.60 Å². The summed E-state index contributed by atoms with van der Waals surface area (Å²) < 4.78 is 0. The zero-order valence-corrected chi connectivity index (χ0v) is 18.8. The SMILES string of the molecule is Cc1ccc2c(N3CCC(NC(=O)C(C)(C)O)CC3)nc(Cc3ccccc3O)nc2c1. The van der Waals surface area contributed by atoms with Gasteiger partial charge in [-0.3, -0.25) is 4.79 Å². The predicted molar refractivity (Wildman–Crippen MR) is 125 cm³/mol. The highest BCUT2D eigenvalue weighted by molar-refractivity contribution is 5.90. The van der Waals surface area contributed by atoms with Crippen LogP contribution in [0.15, 0.2) is 42.5 Å². The zero-order chi connectivity index (χ0) is 22.9. The minimum atomic E-state index is -1.38. The first-order valence-electron chi connectivity index (χ1n) is 11.0. The maximum Gasteiger partial charge on any atom is 0.251 e. The number of hydrogen-bond acceptors (Lipinski definition) is 6. The Balaban J connectivity index is 1.59. The summed E-state index contributed by atoms with van der Waals surface area (Å²) in [6, 6.07) is 13.5. The minimum absolute atomic E-state index is 0.0289. The van der Waals surface area contributed by atoms with E-state index in [2.05, 4.69) is 28.4 Å². The van der Waals surface area contributed by atoms with Crippen LogP contribution in [0.1, 0.15) is 43.6 Å². The summed E-state index contributed by atoms with van der Waals surface area (Å²) in [4.78, 5) is 24.0. The number of hydrogen-bond donors (Lipinski definition) is 3. The molecule has 0 atom stereocenters. The number of para-hydroxylation sites is 1. The number of rotatable bonds is 5. The molecule has 0 spiro atoms. The molecule has 4 rings (SSSR count). The molecule has 1 aliphatic heterocycles. The average molecular weight is 435 g/mol. The van der Waals surface area contributed by atoms with Crippen molar-refractivity contribution in [3.8, 4) is 5.75 Å². The van der Waals surface area contributed by atoms with Crippen molar-refractivity contribution >= 4 is 22.6 Å². The highest BCUT2D eigenvalue weighted by atomic mass is 16.3. The first kappa shape index (κ1) is 22.0. The Morgan fingerprint density at radius 3 is 2.56 bits per heavy atom. The number of amides is 1. The van der Waals surface area contributed by atoms with Crippen LogP contribution >= 0.6 is 0 Å². The van der Waals surface area contributed by atoms with Gasteiger partial charge in [-0.2, -0.15) is 0 Å². The smallest absolute Gasteiger partial charge is 0.251 e. The molecule has 2 aromatic carbocycles. The Kier molecular flexibility index (Phi) is 6.02. The highest BCUT2D eigenvalue weighted by Crippen LogP contribution is 2.29. The summed E-state index contributed by atoms with van der Waals surface area (Å²) in [6.45, 7) is 6.53. The number of phenols is 1. The van der Waals surface area contributed by atoms with Gasteiger partial charge in [-0.05, 0) is 57.4 Å². The Bertz CT molecular complexity index is 1130. The molecule has 0 aliphatic carbocycles. The zero-order valence-electron chi connectivity index (χ0n) is 18.8. The summed E-state index contributed by atoms with van der Waals surface area (Å²) in [7, 11) is 0. The van der Waals surface area contributed by atoms with Crippen LogP contribution in [0.4, 0.5) is 5.82 Å². The van der Waals surface area contributed by atoms with Crippen LogP contribution in [0, 0.1) is 6.92 Å². The fraction of sp³-hybridized carbons (Fsp3) is 0.400. The highest BCUT2D eigenvalue weighted by Gasteiger charge is 2.29. The second-order valence-corrected chi connectivity index (χ2v) is 9.08. The molecule has 168 valence electrons. The van der Waals surface area contributed by atoms with Crippen LogP contribution in [0.2, 0.25) is 0 Å². The van der Waals surface area contributed by atoms with E-state index in [4.69, 9.17) is 9.97 Å². The Morgan fingerprint density at radius 1 is 1.16 bits per heavy atom. The third kappa shape index (κ3) is 4.83. The molecular weight excluding hydrogens is 404 g/mol. The molecule has 1 fully saturated rings. The number of nitrogens with zero attached hydrogens (tertiary/aromatic N) is 3. The maximum atomic E-state index is 12.1. The van der Waals surface area contributed by atoms with Crippen molar-refractivity contribution in [1.82, 2.24) is 15.3 Å². The van der Waals surface area contributed by atoms with E-state index in [1.807, 2.05) is 19.1 Å². The third-order valence-electron chi connectivity index (χ3n) is 5.90. The largest absolute Gasteiger partial charge is 0.508 e. The second kappa shape index (κ2) is 8.74. The second-order valence-electron chi connectivity index (χ2n) is 9.08. The number of aromatic hydroxyl groups is 1. The van der Waals surface area contributed by atoms with Crippen LogP contribution in [-0.2, 0) is 11.2 Å². The molecule has 1 amide bonds. The van der Waals surface area contributed by atoms with Gasteiger partial charge in [0.15, 0.2) is 0 Å². The molecule has 0 saturated carbocycles. The Labute approximate surface area is 188 Å². The number of anilines is 1. The van der Waals surface area contributed by atoms with Gasteiger partial charge in [-0.1, -0.05) is 24.3 Å². The summed E-state index contributed by atoms with van der Waals surface area (Å²) in [6.07, 6.45) is 1.99. The number of fused-ring (bicyclic) bond motifs is 1. The van der Waals surface area contributed by atoms with Crippen molar-refractivity contribution in [1.29, 1.82) is 0 Å². The number of phenolic OH excluding ortho intramolecular Hbond substituents is 1. The number of aromatic nitrogens is 2. The molecule has 0 unspecified atom stereocenters. The molecule has 7 heteroatoms. The standard InChI is InChI=1S/C25H30N4O3/c1-16-8-9-19-20(14-16)27-22(15-17-6-4-5-7-21(17)30)28-23(19)29-12-10-18(11-13-29)26-24(31)25(2,3)32/h4-9,14,18,30,32H,10-13,15H2,1-3H3,(H,26,31). The molecule has 0 bridgehead atoms. The van der Waals surface area contributed by atoms with Gasteiger partial charge in [0, 0.05) is 36.5 Å². The average Bonchev–Trinajstić information content (AvgIpc) is 2.74. The molecule has 1 aliphatic rings. The normalized spacial score (nSPS) is 15.2. The third-order valence-corrected chi connectivity index (χ3v) is 5.90. The minimum Gasteiger partial charge on any atom is -0.508 e. The van der Waals surface area contributed by atoms with Crippen molar-refractivity contribution in [2.45, 2.75) is 51.7 Å². The quantitative estimate of drug-likeness (QED) is 0.571. The van der Waals surface area contributed by atoms with E-state index in [1.165, 1.54) is 13.8 Å². The van der Waals surface area contributed by atoms with Gasteiger partial charge in [0.1, 0.15) is 23.0 Å². The molecule has 1 aromatic heterocycles. The first-order valence-corrected chi connectivity index (χ1v) is 11.0. The molecule has 2 heterocycles. The van der Waals surface area contributed by atoms with E-state index in [0.717, 1.165) is 53.8 Å². The summed E-state index contributed by atoms with van der Waals surface area (Å²) in [5.41, 5.74) is 1.43. The number of nitrogens with one attached hydrogen (secondary N) is 1. The molecule has 1 saturated heterocycles. The van der Waals surface area contributed by atoms with E-state index in [0.29, 0.717) is 12.2 Å².